The van der Waals surface area contributed by atoms with Crippen LogP contribution in [0.25, 0.3) is 0 Å². The fraction of sp³-hybridized carbons (Fsp3) is 0.905. The second-order valence-electron chi connectivity index (χ2n) is 8.72. The van der Waals surface area contributed by atoms with Gasteiger partial charge in [-0.05, 0) is 51.1 Å². The van der Waals surface area contributed by atoms with Crippen LogP contribution in [-0.2, 0) is 14.3 Å². The first-order valence-corrected chi connectivity index (χ1v) is 10.8. The highest BCUT2D eigenvalue weighted by atomic mass is 16.5. The Bertz CT molecular complexity index is 499. The number of hydrogen-bond acceptors (Lipinski definition) is 4. The van der Waals surface area contributed by atoms with Gasteiger partial charge in [0, 0.05) is 46.3 Å². The van der Waals surface area contributed by atoms with Crippen molar-refractivity contribution in [3.63, 3.8) is 0 Å². The average molecular weight is 380 g/mol. The van der Waals surface area contributed by atoms with Crippen molar-refractivity contribution in [1.82, 2.24) is 14.7 Å². The number of piperidine rings is 2. The SMILES string of the molecule is COCCN1CCC(CN(C)C(=O)C2CCC(=O)N(C3CCCC3)C2)CC1. The van der Waals surface area contributed by atoms with Gasteiger partial charge in [-0.1, -0.05) is 12.8 Å². The van der Waals surface area contributed by atoms with Gasteiger partial charge >= 0.3 is 0 Å². The van der Waals surface area contributed by atoms with Crippen molar-refractivity contribution in [3.05, 3.63) is 0 Å². The van der Waals surface area contributed by atoms with Gasteiger partial charge in [-0.3, -0.25) is 9.59 Å². The van der Waals surface area contributed by atoms with E-state index in [4.69, 9.17) is 4.74 Å². The Morgan fingerprint density at radius 3 is 2.52 bits per heavy atom. The third-order valence-electron chi connectivity index (χ3n) is 6.79. The highest BCUT2D eigenvalue weighted by Gasteiger charge is 2.36. The Labute approximate surface area is 164 Å². The predicted octanol–water partition coefficient (Wildman–Crippen LogP) is 1.98. The normalized spacial score (nSPS) is 25.9. The van der Waals surface area contributed by atoms with Gasteiger partial charge in [0.1, 0.15) is 0 Å². The first-order chi connectivity index (χ1) is 13.1. The molecule has 0 aromatic rings. The van der Waals surface area contributed by atoms with Crippen LogP contribution in [0, 0.1) is 11.8 Å². The zero-order chi connectivity index (χ0) is 19.2. The molecule has 2 amide bonds. The molecule has 0 N–H and O–H groups in total. The van der Waals surface area contributed by atoms with Gasteiger partial charge in [0.25, 0.3) is 0 Å². The Hall–Kier alpha value is -1.14. The molecule has 0 aromatic carbocycles. The quantitative estimate of drug-likeness (QED) is 0.679. The lowest BCUT2D eigenvalue weighted by atomic mass is 9.92. The van der Waals surface area contributed by atoms with E-state index in [1.165, 1.54) is 12.8 Å². The van der Waals surface area contributed by atoms with E-state index in [-0.39, 0.29) is 17.7 Å². The molecule has 3 aliphatic rings. The first kappa shape index (κ1) is 20.6. The Morgan fingerprint density at radius 2 is 1.85 bits per heavy atom. The maximum Gasteiger partial charge on any atom is 0.227 e. The molecule has 0 spiro atoms. The molecule has 154 valence electrons. The van der Waals surface area contributed by atoms with Crippen LogP contribution in [0.3, 0.4) is 0 Å². The van der Waals surface area contributed by atoms with E-state index in [1.807, 2.05) is 16.8 Å². The molecule has 1 atom stereocenters. The Kier molecular flexibility index (Phi) is 7.53. The van der Waals surface area contributed by atoms with E-state index < -0.39 is 0 Å². The summed E-state index contributed by atoms with van der Waals surface area (Å²) in [6.07, 6.45) is 8.23. The molecule has 6 nitrogen and oxygen atoms in total. The minimum absolute atomic E-state index is 0.00454. The monoisotopic (exact) mass is 379 g/mol. The zero-order valence-corrected chi connectivity index (χ0v) is 17.2. The number of ether oxygens (including phenoxy) is 1. The van der Waals surface area contributed by atoms with E-state index >= 15 is 0 Å². The fourth-order valence-electron chi connectivity index (χ4n) is 5.04. The zero-order valence-electron chi connectivity index (χ0n) is 17.2. The van der Waals surface area contributed by atoms with Crippen molar-refractivity contribution in [2.75, 3.05) is 53.5 Å². The molecule has 0 aromatic heterocycles. The maximum atomic E-state index is 13.0. The summed E-state index contributed by atoms with van der Waals surface area (Å²) in [5, 5.41) is 0. The van der Waals surface area contributed by atoms with E-state index in [0.29, 0.717) is 24.9 Å². The summed E-state index contributed by atoms with van der Waals surface area (Å²) in [5.41, 5.74) is 0. The lowest BCUT2D eigenvalue weighted by Crippen LogP contribution is -2.50. The van der Waals surface area contributed by atoms with Crippen molar-refractivity contribution >= 4 is 11.8 Å². The van der Waals surface area contributed by atoms with Gasteiger partial charge in [0.05, 0.1) is 12.5 Å². The van der Waals surface area contributed by atoms with Crippen LogP contribution < -0.4 is 0 Å². The smallest absolute Gasteiger partial charge is 0.227 e. The Balaban J connectivity index is 1.45. The van der Waals surface area contributed by atoms with Crippen LogP contribution >= 0.6 is 0 Å². The molecule has 2 aliphatic heterocycles. The highest BCUT2D eigenvalue weighted by molar-refractivity contribution is 5.84. The van der Waals surface area contributed by atoms with Crippen molar-refractivity contribution in [2.45, 2.75) is 57.4 Å². The van der Waals surface area contributed by atoms with Crippen LogP contribution in [-0.4, -0.2) is 86.0 Å². The lowest BCUT2D eigenvalue weighted by molar-refractivity contribution is -0.144. The molecule has 6 heteroatoms. The first-order valence-electron chi connectivity index (χ1n) is 10.8. The highest BCUT2D eigenvalue weighted by Crippen LogP contribution is 2.29. The molecular weight excluding hydrogens is 342 g/mol. The average Bonchev–Trinajstić information content (AvgIpc) is 3.22. The number of likely N-dealkylation sites (tertiary alicyclic amines) is 2. The van der Waals surface area contributed by atoms with E-state index in [9.17, 15) is 9.59 Å². The second-order valence-corrected chi connectivity index (χ2v) is 8.72. The summed E-state index contributed by atoms with van der Waals surface area (Å²) < 4.78 is 5.17. The number of hydrogen-bond donors (Lipinski definition) is 0. The minimum Gasteiger partial charge on any atom is -0.383 e. The summed E-state index contributed by atoms with van der Waals surface area (Å²) in [4.78, 5) is 31.8. The number of nitrogens with zero attached hydrogens (tertiary/aromatic N) is 3. The van der Waals surface area contributed by atoms with Crippen LogP contribution in [0.15, 0.2) is 0 Å². The molecule has 0 radical (unpaired) electrons. The van der Waals surface area contributed by atoms with Gasteiger partial charge in [0.2, 0.25) is 11.8 Å². The third-order valence-corrected chi connectivity index (χ3v) is 6.79. The van der Waals surface area contributed by atoms with Gasteiger partial charge in [-0.2, -0.15) is 0 Å². The molecule has 1 saturated carbocycles. The molecule has 0 bridgehead atoms. The Morgan fingerprint density at radius 1 is 1.15 bits per heavy atom. The maximum absolute atomic E-state index is 13.0. The van der Waals surface area contributed by atoms with Gasteiger partial charge in [-0.15, -0.1) is 0 Å². The molecule has 2 heterocycles. The van der Waals surface area contributed by atoms with Crippen molar-refractivity contribution < 1.29 is 14.3 Å². The molecule has 3 rings (SSSR count). The van der Waals surface area contributed by atoms with Crippen molar-refractivity contribution in [1.29, 1.82) is 0 Å². The number of methoxy groups -OCH3 is 1. The number of rotatable bonds is 7. The van der Waals surface area contributed by atoms with E-state index in [0.717, 1.165) is 64.9 Å². The number of carbonyl (C=O) groups excluding carboxylic acids is 2. The fourth-order valence-corrected chi connectivity index (χ4v) is 5.04. The van der Waals surface area contributed by atoms with Crippen LogP contribution in [0.5, 0.6) is 0 Å². The summed E-state index contributed by atoms with van der Waals surface area (Å²) >= 11 is 0. The topological polar surface area (TPSA) is 53.1 Å². The molecule has 1 unspecified atom stereocenters. The van der Waals surface area contributed by atoms with Gasteiger partial charge < -0.3 is 19.4 Å². The minimum atomic E-state index is -0.00454. The van der Waals surface area contributed by atoms with Gasteiger partial charge in [0.15, 0.2) is 0 Å². The predicted molar refractivity (Wildman–Crippen MR) is 105 cm³/mol. The summed E-state index contributed by atoms with van der Waals surface area (Å²) in [5.74, 6) is 1.09. The van der Waals surface area contributed by atoms with Gasteiger partial charge in [-0.25, -0.2) is 0 Å². The van der Waals surface area contributed by atoms with Crippen molar-refractivity contribution in [2.24, 2.45) is 11.8 Å². The summed E-state index contributed by atoms with van der Waals surface area (Å²) in [6.45, 7) is 5.49. The molecule has 3 fully saturated rings. The van der Waals surface area contributed by atoms with E-state index in [2.05, 4.69) is 4.90 Å². The van der Waals surface area contributed by atoms with Crippen molar-refractivity contribution in [3.8, 4) is 0 Å². The molecule has 2 saturated heterocycles. The van der Waals surface area contributed by atoms with Crippen LogP contribution in [0.4, 0.5) is 0 Å². The van der Waals surface area contributed by atoms with Crippen LogP contribution in [0.2, 0.25) is 0 Å². The van der Waals surface area contributed by atoms with Crippen LogP contribution in [0.1, 0.15) is 51.4 Å². The largest absolute Gasteiger partial charge is 0.383 e. The number of amides is 2. The molecular formula is C21H37N3O3. The molecule has 27 heavy (non-hydrogen) atoms. The third kappa shape index (κ3) is 5.44. The summed E-state index contributed by atoms with van der Waals surface area (Å²) in [6, 6.07) is 0.384. The molecule has 1 aliphatic carbocycles. The van der Waals surface area contributed by atoms with E-state index in [1.54, 1.807) is 7.11 Å². The summed E-state index contributed by atoms with van der Waals surface area (Å²) in [7, 11) is 3.70. The standard InChI is InChI=1S/C21H37N3O3/c1-22(15-17-9-11-23(12-10-17)13-14-27-2)21(26)18-7-8-20(25)24(16-18)19-5-3-4-6-19/h17-19H,3-16H2,1-2H3. The second kappa shape index (κ2) is 9.87. The lowest BCUT2D eigenvalue weighted by Gasteiger charge is -2.38. The number of carbonyl (C=O) groups is 2.